The topological polar surface area (TPSA) is 51.4 Å². The molecule has 2 rings (SSSR count). The van der Waals surface area contributed by atoms with Gasteiger partial charge in [0, 0.05) is 29.1 Å². The molecule has 108 valence electrons. The predicted molar refractivity (Wildman–Crippen MR) is 86.5 cm³/mol. The second-order valence-corrected chi connectivity index (χ2v) is 6.52. The number of hydrogen-bond acceptors (Lipinski definition) is 6. The second-order valence-electron chi connectivity index (χ2n) is 4.53. The Morgan fingerprint density at radius 2 is 2.20 bits per heavy atom. The lowest BCUT2D eigenvalue weighted by Crippen LogP contribution is -2.16. The normalized spacial score (nSPS) is 11.0. The first-order valence-electron chi connectivity index (χ1n) is 6.22. The van der Waals surface area contributed by atoms with Crippen LogP contribution in [-0.4, -0.2) is 30.3 Å². The van der Waals surface area contributed by atoms with Crippen LogP contribution >= 0.6 is 23.1 Å². The molecule has 0 bridgehead atoms. The van der Waals surface area contributed by atoms with Crippen LogP contribution in [-0.2, 0) is 13.1 Å². The van der Waals surface area contributed by atoms with Crippen molar-refractivity contribution in [2.45, 2.75) is 18.0 Å². The van der Waals surface area contributed by atoms with Crippen LogP contribution in [0.4, 0.5) is 5.13 Å². The van der Waals surface area contributed by atoms with Crippen molar-refractivity contribution in [1.29, 1.82) is 0 Å². The zero-order valence-corrected chi connectivity index (χ0v) is 13.6. The van der Waals surface area contributed by atoms with Gasteiger partial charge in [-0.3, -0.25) is 4.90 Å². The van der Waals surface area contributed by atoms with Crippen molar-refractivity contribution in [2.24, 2.45) is 0 Å². The van der Waals surface area contributed by atoms with Gasteiger partial charge < -0.3 is 10.5 Å². The van der Waals surface area contributed by atoms with E-state index in [2.05, 4.69) is 41.4 Å². The van der Waals surface area contributed by atoms with Crippen molar-refractivity contribution in [3.05, 3.63) is 34.8 Å². The average molecular weight is 309 g/mol. The van der Waals surface area contributed by atoms with E-state index >= 15 is 0 Å². The molecule has 0 aliphatic rings. The highest BCUT2D eigenvalue weighted by atomic mass is 32.2. The molecular formula is C14H19N3OS2. The molecule has 0 radical (unpaired) electrons. The highest BCUT2D eigenvalue weighted by molar-refractivity contribution is 7.98. The zero-order chi connectivity index (χ0) is 14.5. The van der Waals surface area contributed by atoms with E-state index in [0.29, 0.717) is 5.13 Å². The first-order valence-corrected chi connectivity index (χ1v) is 8.26. The molecule has 1 heterocycles. The number of nitrogens with two attached hydrogens (primary N) is 1. The van der Waals surface area contributed by atoms with Crippen LogP contribution in [0.25, 0.3) is 0 Å². The van der Waals surface area contributed by atoms with Gasteiger partial charge in [-0.1, -0.05) is 6.07 Å². The summed E-state index contributed by atoms with van der Waals surface area (Å²) < 4.78 is 5.42. The van der Waals surface area contributed by atoms with Crippen LogP contribution in [0.5, 0.6) is 5.75 Å². The first kappa shape index (κ1) is 15.2. The number of nitrogens with zero attached hydrogens (tertiary/aromatic N) is 2. The number of nitrogen functional groups attached to an aromatic ring is 1. The van der Waals surface area contributed by atoms with Crippen LogP contribution in [0, 0.1) is 0 Å². The van der Waals surface area contributed by atoms with E-state index in [1.54, 1.807) is 18.9 Å². The summed E-state index contributed by atoms with van der Waals surface area (Å²) in [6.45, 7) is 1.71. The summed E-state index contributed by atoms with van der Waals surface area (Å²) in [6.07, 6.45) is 3.89. The number of thiazole rings is 1. The third-order valence-electron chi connectivity index (χ3n) is 2.90. The Labute approximate surface area is 128 Å². The number of benzene rings is 1. The van der Waals surface area contributed by atoms with Crippen LogP contribution in [0.3, 0.4) is 0 Å². The number of ether oxygens (including phenoxy) is 1. The van der Waals surface area contributed by atoms with Crippen molar-refractivity contribution in [2.75, 3.05) is 26.1 Å². The molecular weight excluding hydrogens is 290 g/mol. The largest absolute Gasteiger partial charge is 0.496 e. The minimum absolute atomic E-state index is 0.624. The molecule has 0 saturated heterocycles. The Morgan fingerprint density at radius 3 is 2.80 bits per heavy atom. The molecule has 0 spiro atoms. The summed E-state index contributed by atoms with van der Waals surface area (Å²) in [5.74, 6) is 0.936. The maximum atomic E-state index is 5.65. The molecule has 0 aliphatic carbocycles. The molecule has 0 atom stereocenters. The van der Waals surface area contributed by atoms with E-state index in [9.17, 15) is 0 Å². The quantitative estimate of drug-likeness (QED) is 0.831. The van der Waals surface area contributed by atoms with Gasteiger partial charge in [-0.15, -0.1) is 23.1 Å². The molecule has 2 aromatic rings. The van der Waals surface area contributed by atoms with Gasteiger partial charge in [0.25, 0.3) is 0 Å². The van der Waals surface area contributed by atoms with E-state index in [4.69, 9.17) is 10.5 Å². The number of aromatic nitrogens is 1. The van der Waals surface area contributed by atoms with Gasteiger partial charge in [-0.2, -0.15) is 0 Å². The molecule has 20 heavy (non-hydrogen) atoms. The van der Waals surface area contributed by atoms with E-state index < -0.39 is 0 Å². The van der Waals surface area contributed by atoms with Gasteiger partial charge in [-0.25, -0.2) is 4.98 Å². The fourth-order valence-corrected chi connectivity index (χ4v) is 3.32. The Kier molecular flexibility index (Phi) is 5.28. The molecule has 6 heteroatoms. The van der Waals surface area contributed by atoms with Gasteiger partial charge in [-0.05, 0) is 31.0 Å². The molecule has 0 aliphatic heterocycles. The van der Waals surface area contributed by atoms with E-state index in [-0.39, 0.29) is 0 Å². The SMILES string of the molecule is COc1cc(CN(C)Cc2cnc(N)s2)ccc1SC. The van der Waals surface area contributed by atoms with Crippen LogP contribution in [0.15, 0.2) is 29.3 Å². The fourth-order valence-electron chi connectivity index (χ4n) is 2.01. The summed E-state index contributed by atoms with van der Waals surface area (Å²) in [5, 5.41) is 0.624. The molecule has 0 amide bonds. The second kappa shape index (κ2) is 6.97. The van der Waals surface area contributed by atoms with Crippen molar-refractivity contribution < 1.29 is 4.74 Å². The van der Waals surface area contributed by atoms with Crippen LogP contribution in [0.2, 0.25) is 0 Å². The summed E-state index contributed by atoms with van der Waals surface area (Å²) in [4.78, 5) is 8.65. The minimum Gasteiger partial charge on any atom is -0.496 e. The maximum Gasteiger partial charge on any atom is 0.180 e. The van der Waals surface area contributed by atoms with Crippen molar-refractivity contribution >= 4 is 28.2 Å². The third kappa shape index (κ3) is 3.88. The fraction of sp³-hybridized carbons (Fsp3) is 0.357. The Bertz CT molecular complexity index is 571. The van der Waals surface area contributed by atoms with Gasteiger partial charge in [0.2, 0.25) is 0 Å². The first-order chi connectivity index (χ1) is 9.62. The maximum absolute atomic E-state index is 5.65. The number of anilines is 1. The number of rotatable bonds is 6. The summed E-state index contributed by atoms with van der Waals surface area (Å²) in [7, 11) is 3.80. The molecule has 0 saturated carbocycles. The van der Waals surface area contributed by atoms with Crippen molar-refractivity contribution in [3.63, 3.8) is 0 Å². The summed E-state index contributed by atoms with van der Waals surface area (Å²) in [6, 6.07) is 6.35. The van der Waals surface area contributed by atoms with Crippen LogP contribution in [0.1, 0.15) is 10.4 Å². The zero-order valence-electron chi connectivity index (χ0n) is 11.9. The minimum atomic E-state index is 0.624. The Balaban J connectivity index is 2.02. The lowest BCUT2D eigenvalue weighted by atomic mass is 10.2. The van der Waals surface area contributed by atoms with Gasteiger partial charge >= 0.3 is 0 Å². The lowest BCUT2D eigenvalue weighted by molar-refractivity contribution is 0.320. The van der Waals surface area contributed by atoms with E-state index in [1.807, 2.05) is 6.20 Å². The standard InChI is InChI=1S/C14H19N3OS2/c1-17(9-11-7-16-14(15)20-11)8-10-4-5-13(19-3)12(6-10)18-2/h4-7H,8-9H2,1-3H3,(H2,15,16). The van der Waals surface area contributed by atoms with Crippen LogP contribution < -0.4 is 10.5 Å². The van der Waals surface area contributed by atoms with E-state index in [0.717, 1.165) is 23.7 Å². The highest BCUT2D eigenvalue weighted by Gasteiger charge is 2.07. The Morgan fingerprint density at radius 1 is 1.40 bits per heavy atom. The third-order valence-corrected chi connectivity index (χ3v) is 4.49. The number of thioether (sulfide) groups is 1. The molecule has 2 N–H and O–H groups in total. The predicted octanol–water partition coefficient (Wildman–Crippen LogP) is 3.09. The monoisotopic (exact) mass is 309 g/mol. The number of methoxy groups -OCH3 is 1. The summed E-state index contributed by atoms with van der Waals surface area (Å²) >= 11 is 3.23. The van der Waals surface area contributed by atoms with Crippen molar-refractivity contribution in [1.82, 2.24) is 9.88 Å². The molecule has 4 nitrogen and oxygen atoms in total. The average Bonchev–Trinajstić information content (AvgIpc) is 2.83. The van der Waals surface area contributed by atoms with Gasteiger partial charge in [0.1, 0.15) is 5.75 Å². The van der Waals surface area contributed by atoms with Gasteiger partial charge in [0.15, 0.2) is 5.13 Å². The molecule has 0 unspecified atom stereocenters. The highest BCUT2D eigenvalue weighted by Crippen LogP contribution is 2.28. The van der Waals surface area contributed by atoms with Gasteiger partial charge in [0.05, 0.1) is 7.11 Å². The summed E-state index contributed by atoms with van der Waals surface area (Å²) in [5.41, 5.74) is 6.88. The van der Waals surface area contributed by atoms with Crippen molar-refractivity contribution in [3.8, 4) is 5.75 Å². The lowest BCUT2D eigenvalue weighted by Gasteiger charge is -2.16. The van der Waals surface area contributed by atoms with E-state index in [1.165, 1.54) is 21.8 Å². The smallest absolute Gasteiger partial charge is 0.180 e. The Hall–Kier alpha value is -1.24. The molecule has 0 fully saturated rings. The molecule has 1 aromatic heterocycles. The number of hydrogen-bond donors (Lipinski definition) is 1. The molecule has 1 aromatic carbocycles.